The zero-order valence-electron chi connectivity index (χ0n) is 15.5. The van der Waals surface area contributed by atoms with Crippen LogP contribution in [0.3, 0.4) is 0 Å². The highest BCUT2D eigenvalue weighted by molar-refractivity contribution is 5.81. The van der Waals surface area contributed by atoms with E-state index in [0.717, 1.165) is 51.0 Å². The number of likely N-dealkylation sites (tertiary alicyclic amines) is 1. The number of benzene rings is 1. The van der Waals surface area contributed by atoms with E-state index in [2.05, 4.69) is 52.8 Å². The smallest absolute Gasteiger partial charge is 0.237 e. The molecule has 2 saturated heterocycles. The van der Waals surface area contributed by atoms with Gasteiger partial charge < -0.3 is 10.6 Å². The van der Waals surface area contributed by atoms with Crippen LogP contribution in [-0.2, 0) is 11.2 Å². The van der Waals surface area contributed by atoms with Crippen LogP contribution in [0.2, 0.25) is 0 Å². The Morgan fingerprint density at radius 1 is 1.20 bits per heavy atom. The van der Waals surface area contributed by atoms with Crippen LogP contribution < -0.4 is 10.6 Å². The molecule has 0 saturated carbocycles. The molecule has 0 aromatic heterocycles. The van der Waals surface area contributed by atoms with Gasteiger partial charge in [-0.2, -0.15) is 0 Å². The number of nitrogens with one attached hydrogen (secondary N) is 2. The molecule has 0 spiro atoms. The fraction of sp³-hybridized carbons (Fsp3) is 0.667. The van der Waals surface area contributed by atoms with Gasteiger partial charge in [-0.25, -0.2) is 0 Å². The number of rotatable bonds is 7. The first-order valence-corrected chi connectivity index (χ1v) is 9.99. The molecule has 4 heteroatoms. The van der Waals surface area contributed by atoms with Crippen molar-refractivity contribution in [1.29, 1.82) is 0 Å². The van der Waals surface area contributed by atoms with E-state index in [1.54, 1.807) is 0 Å². The van der Waals surface area contributed by atoms with Crippen LogP contribution in [-0.4, -0.2) is 49.6 Å². The molecule has 1 aromatic carbocycles. The van der Waals surface area contributed by atoms with E-state index in [1.165, 1.54) is 31.2 Å². The fourth-order valence-electron chi connectivity index (χ4n) is 4.17. The molecule has 1 amide bonds. The molecule has 2 fully saturated rings. The van der Waals surface area contributed by atoms with Crippen LogP contribution in [0.15, 0.2) is 30.3 Å². The van der Waals surface area contributed by atoms with Crippen LogP contribution in [0, 0.1) is 11.8 Å². The van der Waals surface area contributed by atoms with Crippen LogP contribution >= 0.6 is 0 Å². The van der Waals surface area contributed by atoms with Crippen molar-refractivity contribution in [2.75, 3.05) is 32.7 Å². The molecule has 2 atom stereocenters. The third kappa shape index (κ3) is 5.55. The average Bonchev–Trinajstić information content (AvgIpc) is 3.16. The van der Waals surface area contributed by atoms with Gasteiger partial charge in [-0.05, 0) is 82.6 Å². The quantitative estimate of drug-likeness (QED) is 0.799. The topological polar surface area (TPSA) is 44.4 Å². The number of amides is 1. The summed E-state index contributed by atoms with van der Waals surface area (Å²) in [6.07, 6.45) is 5.91. The highest BCUT2D eigenvalue weighted by atomic mass is 16.2. The summed E-state index contributed by atoms with van der Waals surface area (Å²) in [4.78, 5) is 14.8. The molecular weight excluding hydrogens is 310 g/mol. The first-order valence-electron chi connectivity index (χ1n) is 9.99. The van der Waals surface area contributed by atoms with E-state index in [-0.39, 0.29) is 11.9 Å². The molecule has 2 aliphatic rings. The van der Waals surface area contributed by atoms with E-state index in [0.29, 0.717) is 0 Å². The Morgan fingerprint density at radius 2 is 1.96 bits per heavy atom. The summed E-state index contributed by atoms with van der Waals surface area (Å²) < 4.78 is 0. The first-order chi connectivity index (χ1) is 12.2. The number of nitrogens with zero attached hydrogens (tertiary/aromatic N) is 1. The lowest BCUT2D eigenvalue weighted by Gasteiger charge is -2.35. The molecule has 2 aliphatic heterocycles. The van der Waals surface area contributed by atoms with Crippen LogP contribution in [0.1, 0.15) is 38.2 Å². The van der Waals surface area contributed by atoms with Crippen molar-refractivity contribution in [1.82, 2.24) is 15.5 Å². The van der Waals surface area contributed by atoms with Crippen molar-refractivity contribution >= 4 is 5.91 Å². The summed E-state index contributed by atoms with van der Waals surface area (Å²) in [6.45, 7) is 7.20. The predicted octanol–water partition coefficient (Wildman–Crippen LogP) is 2.45. The normalized spacial score (nSPS) is 23.5. The lowest BCUT2D eigenvalue weighted by molar-refractivity contribution is -0.126. The molecular formula is C21H33N3O. The van der Waals surface area contributed by atoms with Gasteiger partial charge >= 0.3 is 0 Å². The molecule has 4 nitrogen and oxygen atoms in total. The Labute approximate surface area is 152 Å². The Kier molecular flexibility index (Phi) is 6.88. The van der Waals surface area contributed by atoms with E-state index in [1.807, 2.05) is 0 Å². The zero-order valence-corrected chi connectivity index (χ0v) is 15.5. The predicted molar refractivity (Wildman–Crippen MR) is 103 cm³/mol. The minimum atomic E-state index is -0.000576. The average molecular weight is 344 g/mol. The van der Waals surface area contributed by atoms with Gasteiger partial charge in [0.25, 0.3) is 0 Å². The SMILES string of the molecule is CC(C(=O)NCCC1CCNC1)N1CCC(Cc2ccccc2)CC1. The number of piperidine rings is 1. The summed E-state index contributed by atoms with van der Waals surface area (Å²) in [6, 6.07) is 10.8. The Morgan fingerprint density at radius 3 is 2.64 bits per heavy atom. The van der Waals surface area contributed by atoms with Gasteiger partial charge in [0.15, 0.2) is 0 Å². The van der Waals surface area contributed by atoms with Crippen molar-refractivity contribution < 1.29 is 4.79 Å². The molecule has 3 rings (SSSR count). The summed E-state index contributed by atoms with van der Waals surface area (Å²) in [5.41, 5.74) is 1.44. The lowest BCUT2D eigenvalue weighted by atomic mass is 9.89. The van der Waals surface area contributed by atoms with Gasteiger partial charge in [0.1, 0.15) is 0 Å². The summed E-state index contributed by atoms with van der Waals surface area (Å²) in [7, 11) is 0. The number of carbonyl (C=O) groups is 1. The van der Waals surface area contributed by atoms with Crippen molar-refractivity contribution in [2.24, 2.45) is 11.8 Å². The second-order valence-electron chi connectivity index (χ2n) is 7.78. The minimum Gasteiger partial charge on any atom is -0.355 e. The van der Waals surface area contributed by atoms with Crippen LogP contribution in [0.5, 0.6) is 0 Å². The minimum absolute atomic E-state index is 0.000576. The van der Waals surface area contributed by atoms with Crippen molar-refractivity contribution in [3.8, 4) is 0 Å². The molecule has 1 aromatic rings. The monoisotopic (exact) mass is 343 g/mol. The van der Waals surface area contributed by atoms with Gasteiger partial charge in [0, 0.05) is 6.54 Å². The Hall–Kier alpha value is -1.39. The molecule has 0 aliphatic carbocycles. The van der Waals surface area contributed by atoms with Crippen molar-refractivity contribution in [3.63, 3.8) is 0 Å². The molecule has 2 unspecified atom stereocenters. The van der Waals surface area contributed by atoms with E-state index >= 15 is 0 Å². The van der Waals surface area contributed by atoms with Gasteiger partial charge in [0.2, 0.25) is 5.91 Å². The highest BCUT2D eigenvalue weighted by Crippen LogP contribution is 2.23. The Balaban J connectivity index is 1.35. The third-order valence-electron chi connectivity index (χ3n) is 5.96. The van der Waals surface area contributed by atoms with Crippen molar-refractivity contribution in [3.05, 3.63) is 35.9 Å². The number of carbonyl (C=O) groups excluding carboxylic acids is 1. The second kappa shape index (κ2) is 9.35. The molecule has 2 N–H and O–H groups in total. The van der Waals surface area contributed by atoms with E-state index < -0.39 is 0 Å². The van der Waals surface area contributed by atoms with E-state index in [4.69, 9.17) is 0 Å². The van der Waals surface area contributed by atoms with Gasteiger partial charge in [-0.3, -0.25) is 9.69 Å². The molecule has 2 heterocycles. The third-order valence-corrected chi connectivity index (χ3v) is 5.96. The lowest BCUT2D eigenvalue weighted by Crippen LogP contribution is -2.48. The largest absolute Gasteiger partial charge is 0.355 e. The van der Waals surface area contributed by atoms with Gasteiger partial charge in [-0.15, -0.1) is 0 Å². The van der Waals surface area contributed by atoms with Crippen molar-refractivity contribution in [2.45, 2.75) is 45.1 Å². The number of hydrogen-bond acceptors (Lipinski definition) is 3. The zero-order chi connectivity index (χ0) is 17.5. The van der Waals surface area contributed by atoms with Gasteiger partial charge in [0.05, 0.1) is 6.04 Å². The number of hydrogen-bond donors (Lipinski definition) is 2. The maximum atomic E-state index is 12.4. The molecule has 138 valence electrons. The van der Waals surface area contributed by atoms with Crippen LogP contribution in [0.4, 0.5) is 0 Å². The molecule has 25 heavy (non-hydrogen) atoms. The Bertz CT molecular complexity index is 519. The fourth-order valence-corrected chi connectivity index (χ4v) is 4.17. The maximum Gasteiger partial charge on any atom is 0.237 e. The summed E-state index contributed by atoms with van der Waals surface area (Å²) >= 11 is 0. The van der Waals surface area contributed by atoms with Gasteiger partial charge in [-0.1, -0.05) is 30.3 Å². The molecule has 0 bridgehead atoms. The second-order valence-corrected chi connectivity index (χ2v) is 7.78. The maximum absolute atomic E-state index is 12.4. The standard InChI is InChI=1S/C21H33N3O/c1-17(21(25)23-12-8-20-7-11-22-16-20)24-13-9-19(10-14-24)15-18-5-3-2-4-6-18/h2-6,17,19-20,22H,7-16H2,1H3,(H,23,25). The highest BCUT2D eigenvalue weighted by Gasteiger charge is 2.26. The van der Waals surface area contributed by atoms with E-state index in [9.17, 15) is 4.79 Å². The van der Waals surface area contributed by atoms with Crippen LogP contribution in [0.25, 0.3) is 0 Å². The first kappa shape index (κ1) is 18.4. The summed E-state index contributed by atoms with van der Waals surface area (Å²) in [5.74, 6) is 1.69. The molecule has 0 radical (unpaired) electrons. The summed E-state index contributed by atoms with van der Waals surface area (Å²) in [5, 5.41) is 6.53.